The second-order valence-electron chi connectivity index (χ2n) is 8.95. The van der Waals surface area contributed by atoms with Crippen molar-refractivity contribution in [1.29, 1.82) is 0 Å². The number of esters is 1. The molecule has 0 unspecified atom stereocenters. The van der Waals surface area contributed by atoms with Crippen LogP contribution in [-0.4, -0.2) is 28.7 Å². The highest BCUT2D eigenvalue weighted by molar-refractivity contribution is 6.39. The summed E-state index contributed by atoms with van der Waals surface area (Å²) in [6.07, 6.45) is 1.75. The maximum atomic E-state index is 12.9. The SMILES string of the molecule is O=C(N/N=C\c1cccc(OC(=O)c2ccc([N+](=O)[O-])cc2)c1)C1=NNC(c2ccccc2)(c2ccccc2)C1. The number of nitro benzene ring substituents is 1. The molecule has 2 N–H and O–H groups in total. The average molecular weight is 534 g/mol. The Morgan fingerprint density at radius 3 is 2.20 bits per heavy atom. The lowest BCUT2D eigenvalue weighted by Crippen LogP contribution is -2.38. The average Bonchev–Trinajstić information content (AvgIpc) is 3.45. The van der Waals surface area contributed by atoms with E-state index in [0.717, 1.165) is 11.1 Å². The third-order valence-corrected chi connectivity index (χ3v) is 6.37. The van der Waals surface area contributed by atoms with Crippen LogP contribution in [0.3, 0.4) is 0 Å². The van der Waals surface area contributed by atoms with Crippen molar-refractivity contribution in [2.45, 2.75) is 12.0 Å². The van der Waals surface area contributed by atoms with Crippen molar-refractivity contribution >= 4 is 29.5 Å². The number of nitrogens with one attached hydrogen (secondary N) is 2. The van der Waals surface area contributed by atoms with Crippen LogP contribution in [0.1, 0.15) is 33.5 Å². The molecule has 0 saturated heterocycles. The number of ether oxygens (including phenoxy) is 1. The first-order chi connectivity index (χ1) is 19.4. The second-order valence-corrected chi connectivity index (χ2v) is 8.95. The predicted molar refractivity (Wildman–Crippen MR) is 149 cm³/mol. The van der Waals surface area contributed by atoms with Crippen LogP contribution >= 0.6 is 0 Å². The third-order valence-electron chi connectivity index (χ3n) is 6.37. The molecule has 0 aromatic heterocycles. The molecule has 10 nitrogen and oxygen atoms in total. The van der Waals surface area contributed by atoms with Crippen molar-refractivity contribution in [1.82, 2.24) is 10.9 Å². The van der Waals surface area contributed by atoms with Gasteiger partial charge in [0.2, 0.25) is 0 Å². The molecule has 0 fully saturated rings. The molecule has 1 aliphatic heterocycles. The molecule has 10 heteroatoms. The van der Waals surface area contributed by atoms with Crippen molar-refractivity contribution in [3.05, 3.63) is 142 Å². The first-order valence-electron chi connectivity index (χ1n) is 12.3. The molecule has 40 heavy (non-hydrogen) atoms. The molecule has 1 amide bonds. The van der Waals surface area contributed by atoms with Crippen LogP contribution in [0, 0.1) is 10.1 Å². The standard InChI is InChI=1S/C30H23N5O5/c36-28(27-19-30(34-32-27,23-9-3-1-4-10-23)24-11-5-2-6-12-24)33-31-20-21-8-7-13-26(18-21)40-29(37)22-14-16-25(17-15-22)35(38)39/h1-18,20,34H,19H2,(H,33,36)/b31-20-. The summed E-state index contributed by atoms with van der Waals surface area (Å²) in [5.74, 6) is -0.860. The molecule has 0 spiro atoms. The smallest absolute Gasteiger partial charge is 0.343 e. The first-order valence-corrected chi connectivity index (χ1v) is 12.3. The minimum Gasteiger partial charge on any atom is -0.423 e. The van der Waals surface area contributed by atoms with E-state index < -0.39 is 22.3 Å². The summed E-state index contributed by atoms with van der Waals surface area (Å²) in [6.45, 7) is 0. The van der Waals surface area contributed by atoms with Crippen molar-refractivity contribution in [2.75, 3.05) is 0 Å². The van der Waals surface area contributed by atoms with Crippen molar-refractivity contribution in [2.24, 2.45) is 10.2 Å². The maximum absolute atomic E-state index is 12.9. The zero-order valence-electron chi connectivity index (χ0n) is 21.1. The minimum absolute atomic E-state index is 0.123. The van der Waals surface area contributed by atoms with E-state index in [-0.39, 0.29) is 17.0 Å². The fourth-order valence-corrected chi connectivity index (χ4v) is 4.34. The Bertz CT molecular complexity index is 1560. The summed E-state index contributed by atoms with van der Waals surface area (Å²) in [5, 5.41) is 19.2. The highest BCUT2D eigenvalue weighted by atomic mass is 16.6. The van der Waals surface area contributed by atoms with Gasteiger partial charge in [0.15, 0.2) is 0 Å². The van der Waals surface area contributed by atoms with Gasteiger partial charge in [-0.15, -0.1) is 0 Å². The first kappa shape index (κ1) is 26.0. The molecule has 0 bridgehead atoms. The lowest BCUT2D eigenvalue weighted by Gasteiger charge is -2.30. The summed E-state index contributed by atoms with van der Waals surface area (Å²) in [6, 6.07) is 31.3. The van der Waals surface area contributed by atoms with E-state index in [2.05, 4.69) is 21.1 Å². The van der Waals surface area contributed by atoms with Gasteiger partial charge < -0.3 is 4.74 Å². The van der Waals surface area contributed by atoms with Gasteiger partial charge in [0.05, 0.1) is 16.7 Å². The van der Waals surface area contributed by atoms with Crippen LogP contribution in [-0.2, 0) is 10.3 Å². The highest BCUT2D eigenvalue weighted by Crippen LogP contribution is 2.36. The number of hydrogen-bond donors (Lipinski definition) is 2. The zero-order valence-corrected chi connectivity index (χ0v) is 21.1. The zero-order chi connectivity index (χ0) is 28.0. The number of amides is 1. The summed E-state index contributed by atoms with van der Waals surface area (Å²) >= 11 is 0. The largest absolute Gasteiger partial charge is 0.423 e. The topological polar surface area (TPSA) is 135 Å². The Kier molecular flexibility index (Phi) is 7.41. The van der Waals surface area contributed by atoms with Crippen LogP contribution in [0.25, 0.3) is 0 Å². The summed E-state index contributed by atoms with van der Waals surface area (Å²) < 4.78 is 5.37. The van der Waals surface area contributed by atoms with E-state index in [4.69, 9.17) is 4.74 Å². The van der Waals surface area contributed by atoms with E-state index >= 15 is 0 Å². The second kappa shape index (κ2) is 11.4. The van der Waals surface area contributed by atoms with Gasteiger partial charge >= 0.3 is 5.97 Å². The molecular weight excluding hydrogens is 510 g/mol. The summed E-state index contributed by atoms with van der Waals surface area (Å²) in [7, 11) is 0. The van der Waals surface area contributed by atoms with Gasteiger partial charge in [0.1, 0.15) is 17.0 Å². The Labute approximate surface area is 229 Å². The normalized spacial score (nSPS) is 13.8. The van der Waals surface area contributed by atoms with Gasteiger partial charge in [-0.3, -0.25) is 20.3 Å². The fourth-order valence-electron chi connectivity index (χ4n) is 4.34. The van der Waals surface area contributed by atoms with E-state index in [1.165, 1.54) is 30.5 Å². The highest BCUT2D eigenvalue weighted by Gasteiger charge is 2.41. The monoisotopic (exact) mass is 533 g/mol. The number of nitro groups is 1. The van der Waals surface area contributed by atoms with Crippen LogP contribution < -0.4 is 15.6 Å². The molecule has 4 aromatic carbocycles. The van der Waals surface area contributed by atoms with E-state index in [0.29, 0.717) is 17.7 Å². The lowest BCUT2D eigenvalue weighted by atomic mass is 9.80. The number of non-ortho nitro benzene ring substituents is 1. The predicted octanol–water partition coefficient (Wildman–Crippen LogP) is 4.56. The van der Waals surface area contributed by atoms with E-state index in [9.17, 15) is 19.7 Å². The van der Waals surface area contributed by atoms with Crippen LogP contribution in [0.4, 0.5) is 5.69 Å². The number of carbonyl (C=O) groups is 2. The molecule has 0 aliphatic carbocycles. The maximum Gasteiger partial charge on any atom is 0.343 e. The molecular formula is C30H23N5O5. The van der Waals surface area contributed by atoms with Crippen molar-refractivity contribution in [3.63, 3.8) is 0 Å². The quantitative estimate of drug-likeness (QED) is 0.112. The number of hydrogen-bond acceptors (Lipinski definition) is 8. The molecule has 5 rings (SSSR count). The van der Waals surface area contributed by atoms with Crippen LogP contribution in [0.2, 0.25) is 0 Å². The number of benzene rings is 4. The Morgan fingerprint density at radius 2 is 1.57 bits per heavy atom. The number of carbonyl (C=O) groups excluding carboxylic acids is 2. The van der Waals surface area contributed by atoms with E-state index in [1.54, 1.807) is 24.3 Å². The molecule has 0 radical (unpaired) electrons. The van der Waals surface area contributed by atoms with Gasteiger partial charge in [0.25, 0.3) is 11.6 Å². The molecule has 1 heterocycles. The molecule has 198 valence electrons. The Morgan fingerprint density at radius 1 is 0.925 bits per heavy atom. The number of rotatable bonds is 8. The lowest BCUT2D eigenvalue weighted by molar-refractivity contribution is -0.384. The molecule has 0 atom stereocenters. The molecule has 1 aliphatic rings. The van der Waals surface area contributed by atoms with Gasteiger partial charge in [-0.25, -0.2) is 10.2 Å². The fraction of sp³-hybridized carbons (Fsp3) is 0.0667. The number of nitrogens with zero attached hydrogens (tertiary/aromatic N) is 3. The number of hydrazone groups is 2. The van der Waals surface area contributed by atoms with Crippen LogP contribution in [0.5, 0.6) is 5.75 Å². The Hall–Kier alpha value is -5.64. The van der Waals surface area contributed by atoms with Crippen molar-refractivity contribution < 1.29 is 19.2 Å². The Balaban J connectivity index is 1.23. The minimum atomic E-state index is -0.680. The third kappa shape index (κ3) is 5.60. The molecule has 4 aromatic rings. The van der Waals surface area contributed by atoms with Gasteiger partial charge in [-0.2, -0.15) is 10.2 Å². The van der Waals surface area contributed by atoms with Crippen molar-refractivity contribution in [3.8, 4) is 5.75 Å². The van der Waals surface area contributed by atoms with Gasteiger partial charge in [-0.1, -0.05) is 72.8 Å². The molecule has 0 saturated carbocycles. The summed E-state index contributed by atoms with van der Waals surface area (Å²) in [5.41, 5.74) is 7.90. The van der Waals surface area contributed by atoms with E-state index in [1.807, 2.05) is 60.7 Å². The summed E-state index contributed by atoms with van der Waals surface area (Å²) in [4.78, 5) is 35.6. The van der Waals surface area contributed by atoms with Gasteiger partial charge in [-0.05, 0) is 41.0 Å². The van der Waals surface area contributed by atoms with Crippen LogP contribution in [0.15, 0.2) is 119 Å². The van der Waals surface area contributed by atoms with Gasteiger partial charge in [0, 0.05) is 18.6 Å².